The second-order valence-electron chi connectivity index (χ2n) is 8.60. The van der Waals surface area contributed by atoms with Crippen LogP contribution in [0.1, 0.15) is 56.7 Å². The molecular weight excluding hydrogens is 421 g/mol. The lowest BCUT2D eigenvalue weighted by Crippen LogP contribution is -2.42. The van der Waals surface area contributed by atoms with Gasteiger partial charge in [0.15, 0.2) is 11.6 Å². The van der Waals surface area contributed by atoms with Gasteiger partial charge in [0, 0.05) is 30.2 Å². The molecular formula is C23H24FN9. The van der Waals surface area contributed by atoms with Gasteiger partial charge in [-0.15, -0.1) is 10.2 Å². The van der Waals surface area contributed by atoms with E-state index < -0.39 is 5.82 Å². The number of rotatable bonds is 4. The fourth-order valence-electron chi connectivity index (χ4n) is 5.19. The summed E-state index contributed by atoms with van der Waals surface area (Å²) in [5.74, 6) is 3.26. The number of imidazole rings is 1. The normalized spacial score (nSPS) is 17.9. The van der Waals surface area contributed by atoms with E-state index in [0.717, 1.165) is 42.4 Å². The van der Waals surface area contributed by atoms with Crippen LogP contribution in [0.2, 0.25) is 0 Å². The Labute approximate surface area is 190 Å². The van der Waals surface area contributed by atoms with Gasteiger partial charge in [-0.25, -0.2) is 14.4 Å². The second kappa shape index (κ2) is 7.72. The lowest BCUT2D eigenvalue weighted by atomic mass is 10.0. The van der Waals surface area contributed by atoms with Gasteiger partial charge in [-0.1, -0.05) is 19.8 Å². The molecule has 0 spiro atoms. The number of hydrogen-bond donors (Lipinski definition) is 0. The molecule has 1 atom stereocenters. The predicted molar refractivity (Wildman–Crippen MR) is 120 cm³/mol. The SMILES string of the molecule is CCC1c2nnc(C)n2-c2cnc(-n3ccnc3-c3cncc(F)c3)nc2N1C1CCCC1. The van der Waals surface area contributed by atoms with Gasteiger partial charge in [0.1, 0.15) is 23.2 Å². The zero-order valence-electron chi connectivity index (χ0n) is 18.6. The van der Waals surface area contributed by atoms with Crippen LogP contribution in [0.5, 0.6) is 0 Å². The highest BCUT2D eigenvalue weighted by atomic mass is 19.1. The largest absolute Gasteiger partial charge is 0.341 e. The first kappa shape index (κ1) is 20.0. The minimum atomic E-state index is -0.415. The molecule has 1 saturated carbocycles. The van der Waals surface area contributed by atoms with E-state index in [9.17, 15) is 4.39 Å². The van der Waals surface area contributed by atoms with Crippen molar-refractivity contribution in [1.82, 2.24) is 39.3 Å². The van der Waals surface area contributed by atoms with E-state index in [1.807, 2.05) is 13.1 Å². The summed E-state index contributed by atoms with van der Waals surface area (Å²) in [4.78, 5) is 20.5. The van der Waals surface area contributed by atoms with Gasteiger partial charge in [0.2, 0.25) is 5.95 Å². The maximum Gasteiger partial charge on any atom is 0.237 e. The first-order valence-electron chi connectivity index (χ1n) is 11.4. The van der Waals surface area contributed by atoms with Crippen molar-refractivity contribution in [2.45, 2.75) is 58.0 Å². The molecule has 168 valence electrons. The second-order valence-corrected chi connectivity index (χ2v) is 8.60. The van der Waals surface area contributed by atoms with Crippen LogP contribution < -0.4 is 4.90 Å². The average molecular weight is 446 g/mol. The smallest absolute Gasteiger partial charge is 0.237 e. The molecule has 0 amide bonds. The average Bonchev–Trinajstić information content (AvgIpc) is 3.59. The molecule has 6 rings (SSSR count). The monoisotopic (exact) mass is 445 g/mol. The topological polar surface area (TPSA) is 90.4 Å². The molecule has 0 aromatic carbocycles. The van der Waals surface area contributed by atoms with Gasteiger partial charge in [-0.2, -0.15) is 4.98 Å². The molecule has 1 aliphatic carbocycles. The minimum absolute atomic E-state index is 0.0965. The van der Waals surface area contributed by atoms with Crippen LogP contribution in [-0.4, -0.2) is 45.3 Å². The minimum Gasteiger partial charge on any atom is -0.341 e. The number of hydrogen-bond acceptors (Lipinski definition) is 7. The van der Waals surface area contributed by atoms with Gasteiger partial charge < -0.3 is 4.90 Å². The zero-order chi connectivity index (χ0) is 22.5. The summed E-state index contributed by atoms with van der Waals surface area (Å²) in [7, 11) is 0. The van der Waals surface area contributed by atoms with Crippen molar-refractivity contribution in [2.24, 2.45) is 0 Å². The van der Waals surface area contributed by atoms with Crippen molar-refractivity contribution in [1.29, 1.82) is 0 Å². The van der Waals surface area contributed by atoms with E-state index in [1.54, 1.807) is 23.2 Å². The molecule has 1 fully saturated rings. The summed E-state index contributed by atoms with van der Waals surface area (Å²) in [5, 5.41) is 8.89. The number of fused-ring (bicyclic) bond motifs is 3. The molecule has 4 aromatic rings. The Morgan fingerprint density at radius 3 is 2.73 bits per heavy atom. The van der Waals surface area contributed by atoms with E-state index >= 15 is 0 Å². The highest BCUT2D eigenvalue weighted by molar-refractivity contribution is 5.64. The van der Waals surface area contributed by atoms with Crippen molar-refractivity contribution in [3.8, 4) is 23.0 Å². The van der Waals surface area contributed by atoms with E-state index in [0.29, 0.717) is 23.4 Å². The quantitative estimate of drug-likeness (QED) is 0.469. The highest BCUT2D eigenvalue weighted by Crippen LogP contribution is 2.43. The van der Waals surface area contributed by atoms with Crippen LogP contribution in [0.15, 0.2) is 37.1 Å². The van der Waals surface area contributed by atoms with Gasteiger partial charge in [0.05, 0.1) is 18.4 Å². The van der Waals surface area contributed by atoms with Crippen molar-refractivity contribution in [3.63, 3.8) is 0 Å². The summed E-state index contributed by atoms with van der Waals surface area (Å²) in [6.07, 6.45) is 13.6. The first-order chi connectivity index (χ1) is 16.2. The highest BCUT2D eigenvalue weighted by Gasteiger charge is 2.39. The fourth-order valence-corrected chi connectivity index (χ4v) is 5.19. The Balaban J connectivity index is 1.53. The molecule has 0 saturated heterocycles. The van der Waals surface area contributed by atoms with Crippen LogP contribution in [0.25, 0.3) is 23.0 Å². The van der Waals surface area contributed by atoms with Gasteiger partial charge in [-0.3, -0.25) is 14.1 Å². The van der Waals surface area contributed by atoms with Crippen LogP contribution in [0.4, 0.5) is 10.2 Å². The molecule has 9 nitrogen and oxygen atoms in total. The molecule has 10 heteroatoms. The third kappa shape index (κ3) is 3.12. The summed E-state index contributed by atoms with van der Waals surface area (Å²) in [6.45, 7) is 4.13. The third-order valence-electron chi connectivity index (χ3n) is 6.63. The summed E-state index contributed by atoms with van der Waals surface area (Å²) < 4.78 is 17.7. The maximum atomic E-state index is 13.8. The summed E-state index contributed by atoms with van der Waals surface area (Å²) in [6, 6.07) is 1.91. The molecule has 1 unspecified atom stereocenters. The zero-order valence-corrected chi connectivity index (χ0v) is 18.6. The number of nitrogens with zero attached hydrogens (tertiary/aromatic N) is 9. The van der Waals surface area contributed by atoms with Crippen molar-refractivity contribution in [3.05, 3.63) is 54.5 Å². The van der Waals surface area contributed by atoms with Crippen LogP contribution in [0, 0.1) is 12.7 Å². The Bertz CT molecular complexity index is 1320. The Morgan fingerprint density at radius 2 is 1.94 bits per heavy atom. The molecule has 33 heavy (non-hydrogen) atoms. The van der Waals surface area contributed by atoms with Crippen molar-refractivity contribution < 1.29 is 4.39 Å². The molecule has 2 aliphatic rings. The molecule has 5 heterocycles. The van der Waals surface area contributed by atoms with Gasteiger partial charge >= 0.3 is 0 Å². The molecule has 0 radical (unpaired) electrons. The van der Waals surface area contributed by atoms with Crippen LogP contribution in [0.3, 0.4) is 0 Å². The van der Waals surface area contributed by atoms with Gasteiger partial charge in [-0.05, 0) is 32.3 Å². The molecule has 1 aliphatic heterocycles. The van der Waals surface area contributed by atoms with Crippen LogP contribution >= 0.6 is 0 Å². The third-order valence-corrected chi connectivity index (χ3v) is 6.63. The Kier molecular flexibility index (Phi) is 4.67. The predicted octanol–water partition coefficient (Wildman–Crippen LogP) is 3.97. The lowest BCUT2D eigenvalue weighted by molar-refractivity contribution is 0.467. The number of halogens is 1. The van der Waals surface area contributed by atoms with Crippen molar-refractivity contribution >= 4 is 5.82 Å². The number of aryl methyl sites for hydroxylation is 1. The van der Waals surface area contributed by atoms with Crippen LogP contribution in [-0.2, 0) is 0 Å². The summed E-state index contributed by atoms with van der Waals surface area (Å²) >= 11 is 0. The number of aromatic nitrogens is 8. The van der Waals surface area contributed by atoms with E-state index in [1.165, 1.54) is 25.1 Å². The fraction of sp³-hybridized carbons (Fsp3) is 0.391. The van der Waals surface area contributed by atoms with E-state index in [2.05, 4.69) is 41.5 Å². The van der Waals surface area contributed by atoms with E-state index in [-0.39, 0.29) is 6.04 Å². The Morgan fingerprint density at radius 1 is 1.09 bits per heavy atom. The molecule has 0 bridgehead atoms. The number of anilines is 1. The standard InChI is InChI=1S/C23H24FN9/c1-3-18-22-30-29-14(2)32(22)19-13-27-23(28-21(19)33(18)17-6-4-5-7-17)31-9-8-26-20(31)15-10-16(24)12-25-11-15/h8-13,17-18H,3-7H2,1-2H3. The maximum absolute atomic E-state index is 13.8. The van der Waals surface area contributed by atoms with Gasteiger partial charge in [0.25, 0.3) is 0 Å². The molecule has 4 aromatic heterocycles. The molecule has 0 N–H and O–H groups in total. The number of pyridine rings is 1. The Hall–Kier alpha value is -3.69. The van der Waals surface area contributed by atoms with E-state index in [4.69, 9.17) is 4.98 Å². The van der Waals surface area contributed by atoms with Crippen molar-refractivity contribution in [2.75, 3.05) is 4.90 Å². The lowest BCUT2D eigenvalue weighted by Gasteiger charge is -2.41. The first-order valence-corrected chi connectivity index (χ1v) is 11.4. The summed E-state index contributed by atoms with van der Waals surface area (Å²) in [5.41, 5.74) is 1.46.